The topological polar surface area (TPSA) is 30.0 Å². The Balaban J connectivity index is 1.87. The summed E-state index contributed by atoms with van der Waals surface area (Å²) in [5.74, 6) is 0.728. The van der Waals surface area contributed by atoms with Crippen LogP contribution in [0.5, 0.6) is 0 Å². The number of pyridine rings is 1. The molecule has 1 saturated carbocycles. The van der Waals surface area contributed by atoms with Crippen LogP contribution in [0.4, 0.5) is 0 Å². The minimum atomic E-state index is 0.320. The molecule has 1 aromatic heterocycles. The fourth-order valence-electron chi connectivity index (χ4n) is 2.32. The second-order valence-electron chi connectivity index (χ2n) is 4.41. The van der Waals surface area contributed by atoms with E-state index in [1.165, 1.54) is 12.8 Å². The molecule has 0 unspecified atom stereocenters. The number of ketones is 1. The van der Waals surface area contributed by atoms with Gasteiger partial charge in [0.15, 0.2) is 0 Å². The standard InChI is InChI=1S/C13H16ClNO/c14-12-9-15-8-7-10(12)5-6-13(16)11-3-1-2-4-11/h7-9,11H,1-6H2. The van der Waals surface area contributed by atoms with Gasteiger partial charge in [-0.15, -0.1) is 0 Å². The van der Waals surface area contributed by atoms with Crippen molar-refractivity contribution in [3.63, 3.8) is 0 Å². The van der Waals surface area contributed by atoms with E-state index in [2.05, 4.69) is 4.98 Å². The average Bonchev–Trinajstić information content (AvgIpc) is 2.81. The Labute approximate surface area is 101 Å². The van der Waals surface area contributed by atoms with Crippen LogP contribution in [0.3, 0.4) is 0 Å². The Kier molecular flexibility index (Phi) is 3.94. The predicted molar refractivity (Wildman–Crippen MR) is 64.5 cm³/mol. The van der Waals surface area contributed by atoms with Crippen LogP contribution < -0.4 is 0 Å². The molecule has 1 aliphatic carbocycles. The molecule has 2 rings (SSSR count). The van der Waals surface area contributed by atoms with E-state index >= 15 is 0 Å². The van der Waals surface area contributed by atoms with Gasteiger partial charge in [-0.05, 0) is 30.9 Å². The quantitative estimate of drug-likeness (QED) is 0.803. The summed E-state index contributed by atoms with van der Waals surface area (Å²) in [6.07, 6.45) is 9.33. The molecular weight excluding hydrogens is 222 g/mol. The van der Waals surface area contributed by atoms with Crippen molar-refractivity contribution in [3.8, 4) is 0 Å². The monoisotopic (exact) mass is 237 g/mol. The number of halogens is 1. The molecule has 0 amide bonds. The Bertz CT molecular complexity index is 372. The number of aryl methyl sites for hydroxylation is 1. The zero-order valence-corrected chi connectivity index (χ0v) is 10.0. The van der Waals surface area contributed by atoms with Crippen molar-refractivity contribution >= 4 is 17.4 Å². The summed E-state index contributed by atoms with van der Waals surface area (Å²) in [4.78, 5) is 15.8. The molecule has 86 valence electrons. The summed E-state index contributed by atoms with van der Waals surface area (Å²) in [5.41, 5.74) is 1.03. The number of hydrogen-bond acceptors (Lipinski definition) is 2. The zero-order chi connectivity index (χ0) is 11.4. The number of carbonyl (C=O) groups is 1. The Hall–Kier alpha value is -0.890. The summed E-state index contributed by atoms with van der Waals surface area (Å²) in [7, 11) is 0. The molecule has 0 aliphatic heterocycles. The van der Waals surface area contributed by atoms with Crippen molar-refractivity contribution in [2.75, 3.05) is 0 Å². The molecule has 1 aliphatic rings. The highest BCUT2D eigenvalue weighted by Gasteiger charge is 2.22. The lowest BCUT2D eigenvalue weighted by atomic mass is 9.97. The lowest BCUT2D eigenvalue weighted by Crippen LogP contribution is -2.11. The predicted octanol–water partition coefficient (Wildman–Crippen LogP) is 3.43. The molecule has 1 fully saturated rings. The Morgan fingerprint density at radius 1 is 1.44 bits per heavy atom. The number of Topliss-reactive ketones (excluding diaryl/α,β-unsaturated/α-hetero) is 1. The number of nitrogens with zero attached hydrogens (tertiary/aromatic N) is 1. The Morgan fingerprint density at radius 3 is 2.88 bits per heavy atom. The van der Waals surface area contributed by atoms with Gasteiger partial charge in [0.1, 0.15) is 5.78 Å². The van der Waals surface area contributed by atoms with Crippen molar-refractivity contribution in [2.45, 2.75) is 38.5 Å². The summed E-state index contributed by atoms with van der Waals surface area (Å²) in [6, 6.07) is 1.89. The molecule has 1 aromatic rings. The smallest absolute Gasteiger partial charge is 0.136 e. The minimum Gasteiger partial charge on any atom is -0.299 e. The van der Waals surface area contributed by atoms with Crippen LogP contribution in [-0.4, -0.2) is 10.8 Å². The first kappa shape index (κ1) is 11.6. The number of hydrogen-bond donors (Lipinski definition) is 0. The first-order valence-corrected chi connectivity index (χ1v) is 6.26. The van der Waals surface area contributed by atoms with Crippen molar-refractivity contribution in [2.24, 2.45) is 5.92 Å². The minimum absolute atomic E-state index is 0.320. The van der Waals surface area contributed by atoms with Crippen LogP contribution in [0, 0.1) is 5.92 Å². The van der Waals surface area contributed by atoms with Crippen molar-refractivity contribution in [1.82, 2.24) is 4.98 Å². The van der Waals surface area contributed by atoms with E-state index in [4.69, 9.17) is 11.6 Å². The van der Waals surface area contributed by atoms with Gasteiger partial charge in [0.05, 0.1) is 5.02 Å². The summed E-state index contributed by atoms with van der Waals surface area (Å²) in [6.45, 7) is 0. The molecule has 2 nitrogen and oxygen atoms in total. The van der Waals surface area contributed by atoms with Crippen LogP contribution >= 0.6 is 11.6 Å². The van der Waals surface area contributed by atoms with Crippen LogP contribution in [0.2, 0.25) is 5.02 Å². The van der Waals surface area contributed by atoms with Crippen molar-refractivity contribution in [1.29, 1.82) is 0 Å². The maximum atomic E-state index is 11.9. The molecule has 0 bridgehead atoms. The van der Waals surface area contributed by atoms with Crippen LogP contribution in [0.15, 0.2) is 18.5 Å². The second-order valence-corrected chi connectivity index (χ2v) is 4.82. The summed E-state index contributed by atoms with van der Waals surface area (Å²) in [5, 5.41) is 0.668. The van der Waals surface area contributed by atoms with Gasteiger partial charge >= 0.3 is 0 Å². The molecule has 0 aromatic carbocycles. The number of carbonyl (C=O) groups excluding carboxylic acids is 1. The van der Waals surface area contributed by atoms with Gasteiger partial charge in [-0.25, -0.2) is 0 Å². The van der Waals surface area contributed by atoms with Gasteiger partial charge in [-0.3, -0.25) is 9.78 Å². The van der Waals surface area contributed by atoms with E-state index < -0.39 is 0 Å². The van der Waals surface area contributed by atoms with E-state index in [1.54, 1.807) is 12.4 Å². The van der Waals surface area contributed by atoms with E-state index in [1.807, 2.05) is 6.07 Å². The molecule has 0 N–H and O–H groups in total. The lowest BCUT2D eigenvalue weighted by molar-refractivity contribution is -0.122. The van der Waals surface area contributed by atoms with Gasteiger partial charge in [0.2, 0.25) is 0 Å². The highest BCUT2D eigenvalue weighted by Crippen LogP contribution is 2.27. The summed E-state index contributed by atoms with van der Waals surface area (Å²) >= 11 is 5.99. The molecule has 1 heterocycles. The maximum absolute atomic E-state index is 11.9. The van der Waals surface area contributed by atoms with Crippen LogP contribution in [0.1, 0.15) is 37.7 Å². The second kappa shape index (κ2) is 5.44. The molecular formula is C13H16ClNO. The summed E-state index contributed by atoms with van der Waals surface area (Å²) < 4.78 is 0. The number of aromatic nitrogens is 1. The lowest BCUT2D eigenvalue weighted by Gasteiger charge is -2.08. The molecule has 0 atom stereocenters. The average molecular weight is 238 g/mol. The van der Waals surface area contributed by atoms with Gasteiger partial charge < -0.3 is 0 Å². The van der Waals surface area contributed by atoms with Gasteiger partial charge in [-0.1, -0.05) is 24.4 Å². The van der Waals surface area contributed by atoms with E-state index in [-0.39, 0.29) is 0 Å². The van der Waals surface area contributed by atoms with E-state index in [0.29, 0.717) is 23.1 Å². The van der Waals surface area contributed by atoms with E-state index in [9.17, 15) is 4.79 Å². The molecule has 16 heavy (non-hydrogen) atoms. The fourth-order valence-corrected chi connectivity index (χ4v) is 2.53. The van der Waals surface area contributed by atoms with Crippen molar-refractivity contribution < 1.29 is 4.79 Å². The van der Waals surface area contributed by atoms with E-state index in [0.717, 1.165) is 24.8 Å². The van der Waals surface area contributed by atoms with Gasteiger partial charge in [0, 0.05) is 24.7 Å². The molecule has 0 radical (unpaired) electrons. The normalized spacial score (nSPS) is 16.6. The third-order valence-corrected chi connectivity index (χ3v) is 3.65. The third-order valence-electron chi connectivity index (χ3n) is 3.31. The highest BCUT2D eigenvalue weighted by molar-refractivity contribution is 6.31. The largest absolute Gasteiger partial charge is 0.299 e. The maximum Gasteiger partial charge on any atom is 0.136 e. The third kappa shape index (κ3) is 2.82. The SMILES string of the molecule is O=C(CCc1ccncc1Cl)C1CCCC1. The first-order valence-electron chi connectivity index (χ1n) is 5.88. The molecule has 0 spiro atoms. The van der Waals surface area contributed by atoms with Gasteiger partial charge in [0.25, 0.3) is 0 Å². The van der Waals surface area contributed by atoms with Crippen LogP contribution in [0.25, 0.3) is 0 Å². The highest BCUT2D eigenvalue weighted by atomic mass is 35.5. The molecule has 3 heteroatoms. The van der Waals surface area contributed by atoms with Crippen LogP contribution in [-0.2, 0) is 11.2 Å². The Morgan fingerprint density at radius 2 is 2.19 bits per heavy atom. The zero-order valence-electron chi connectivity index (χ0n) is 9.29. The molecule has 0 saturated heterocycles. The van der Waals surface area contributed by atoms with Crippen molar-refractivity contribution in [3.05, 3.63) is 29.0 Å². The van der Waals surface area contributed by atoms with Gasteiger partial charge in [-0.2, -0.15) is 0 Å². The number of rotatable bonds is 4. The first-order chi connectivity index (χ1) is 7.77. The fraction of sp³-hybridized carbons (Fsp3) is 0.538.